The maximum atomic E-state index is 5.48. The van der Waals surface area contributed by atoms with Crippen LogP contribution in [-0.2, 0) is 0 Å². The van der Waals surface area contributed by atoms with E-state index in [4.69, 9.17) is 9.47 Å². The van der Waals surface area contributed by atoms with Crippen LogP contribution >= 0.6 is 0 Å². The number of benzene rings is 1. The molecule has 2 heteroatoms. The molecule has 0 N–H and O–H groups in total. The second kappa shape index (κ2) is 4.00. The third kappa shape index (κ3) is 2.16. The van der Waals surface area contributed by atoms with Crippen molar-refractivity contribution in [3.63, 3.8) is 0 Å². The molecule has 0 amide bonds. The summed E-state index contributed by atoms with van der Waals surface area (Å²) in [6, 6.07) is 8.34. The van der Waals surface area contributed by atoms with Crippen LogP contribution in [-0.4, -0.2) is 13.2 Å². The first kappa shape index (κ1) is 8.91. The SMILES string of the molecule is COc1cc[c]cc1OC(C)C. The summed E-state index contributed by atoms with van der Waals surface area (Å²) in [5.74, 6) is 1.50. The monoisotopic (exact) mass is 165 g/mol. The highest BCUT2D eigenvalue weighted by Crippen LogP contribution is 2.26. The molecule has 0 aliphatic heterocycles. The summed E-state index contributed by atoms with van der Waals surface area (Å²) in [4.78, 5) is 0. The molecule has 0 spiro atoms. The van der Waals surface area contributed by atoms with E-state index in [0.29, 0.717) is 0 Å². The predicted molar refractivity (Wildman–Crippen MR) is 47.6 cm³/mol. The van der Waals surface area contributed by atoms with Gasteiger partial charge in [-0.25, -0.2) is 0 Å². The molecule has 1 aromatic rings. The van der Waals surface area contributed by atoms with Crippen molar-refractivity contribution in [1.29, 1.82) is 0 Å². The van der Waals surface area contributed by atoms with Gasteiger partial charge in [-0.3, -0.25) is 0 Å². The van der Waals surface area contributed by atoms with E-state index in [1.165, 1.54) is 0 Å². The highest BCUT2D eigenvalue weighted by Gasteiger charge is 2.03. The van der Waals surface area contributed by atoms with Gasteiger partial charge in [0.15, 0.2) is 11.5 Å². The summed E-state index contributed by atoms with van der Waals surface area (Å²) in [5, 5.41) is 0. The minimum absolute atomic E-state index is 0.162. The van der Waals surface area contributed by atoms with Gasteiger partial charge in [-0.2, -0.15) is 0 Å². The minimum Gasteiger partial charge on any atom is -0.493 e. The molecule has 0 aliphatic carbocycles. The maximum absolute atomic E-state index is 5.48. The molecule has 0 atom stereocenters. The van der Waals surface area contributed by atoms with Crippen LogP contribution in [0.3, 0.4) is 0 Å². The van der Waals surface area contributed by atoms with E-state index in [-0.39, 0.29) is 6.10 Å². The molecule has 0 fully saturated rings. The summed E-state index contributed by atoms with van der Waals surface area (Å²) in [7, 11) is 1.63. The number of hydrogen-bond acceptors (Lipinski definition) is 2. The van der Waals surface area contributed by atoms with Gasteiger partial charge < -0.3 is 9.47 Å². The normalized spacial score (nSPS) is 10.0. The van der Waals surface area contributed by atoms with Crippen LogP contribution in [0.2, 0.25) is 0 Å². The highest BCUT2D eigenvalue weighted by molar-refractivity contribution is 5.38. The second-order valence-electron chi connectivity index (χ2n) is 2.74. The van der Waals surface area contributed by atoms with Gasteiger partial charge >= 0.3 is 0 Å². The van der Waals surface area contributed by atoms with E-state index in [1.54, 1.807) is 19.2 Å². The van der Waals surface area contributed by atoms with Crippen molar-refractivity contribution in [3.05, 3.63) is 24.3 Å². The molecule has 0 bridgehead atoms. The lowest BCUT2D eigenvalue weighted by Gasteiger charge is -2.12. The molecule has 1 radical (unpaired) electrons. The zero-order chi connectivity index (χ0) is 8.97. The molecule has 0 heterocycles. The largest absolute Gasteiger partial charge is 0.493 e. The molecule has 0 aliphatic rings. The molecular formula is C10H13O2. The van der Waals surface area contributed by atoms with Crippen LogP contribution < -0.4 is 9.47 Å². The fraction of sp³-hybridized carbons (Fsp3) is 0.400. The Morgan fingerprint density at radius 1 is 1.33 bits per heavy atom. The minimum atomic E-state index is 0.162. The lowest BCUT2D eigenvalue weighted by Crippen LogP contribution is -2.06. The zero-order valence-corrected chi connectivity index (χ0v) is 7.63. The van der Waals surface area contributed by atoms with Gasteiger partial charge in [0.1, 0.15) is 0 Å². The first-order valence-corrected chi connectivity index (χ1v) is 3.94. The number of methoxy groups -OCH3 is 1. The maximum Gasteiger partial charge on any atom is 0.162 e. The predicted octanol–water partition coefficient (Wildman–Crippen LogP) is 2.28. The van der Waals surface area contributed by atoms with Crippen molar-refractivity contribution < 1.29 is 9.47 Å². The molecule has 0 aromatic heterocycles. The topological polar surface area (TPSA) is 18.5 Å². The second-order valence-corrected chi connectivity index (χ2v) is 2.74. The summed E-state index contributed by atoms with van der Waals surface area (Å²) in [5.41, 5.74) is 0. The van der Waals surface area contributed by atoms with E-state index in [2.05, 4.69) is 6.07 Å². The lowest BCUT2D eigenvalue weighted by atomic mass is 10.3. The standard InChI is InChI=1S/C10H13O2/c1-8(2)12-10-7-5-4-6-9(10)11-3/h4,6-8H,1-3H3. The van der Waals surface area contributed by atoms with E-state index in [0.717, 1.165) is 11.5 Å². The van der Waals surface area contributed by atoms with Crippen molar-refractivity contribution in [1.82, 2.24) is 0 Å². The van der Waals surface area contributed by atoms with Crippen molar-refractivity contribution in [2.24, 2.45) is 0 Å². The molecule has 2 nitrogen and oxygen atoms in total. The number of hydrogen-bond donors (Lipinski definition) is 0. The molecule has 0 saturated heterocycles. The highest BCUT2D eigenvalue weighted by atomic mass is 16.5. The van der Waals surface area contributed by atoms with Crippen LogP contribution in [0, 0.1) is 6.07 Å². The van der Waals surface area contributed by atoms with E-state index in [1.807, 2.05) is 19.9 Å². The Morgan fingerprint density at radius 3 is 2.67 bits per heavy atom. The van der Waals surface area contributed by atoms with Crippen molar-refractivity contribution >= 4 is 0 Å². The Morgan fingerprint density at radius 2 is 2.08 bits per heavy atom. The van der Waals surface area contributed by atoms with Crippen LogP contribution in [0.1, 0.15) is 13.8 Å². The van der Waals surface area contributed by atoms with Crippen LogP contribution in [0.15, 0.2) is 18.2 Å². The fourth-order valence-corrected chi connectivity index (χ4v) is 0.916. The van der Waals surface area contributed by atoms with Gasteiger partial charge in [0, 0.05) is 0 Å². The molecule has 0 saturated carbocycles. The summed E-state index contributed by atoms with van der Waals surface area (Å²) in [6.45, 7) is 3.96. The van der Waals surface area contributed by atoms with Crippen molar-refractivity contribution in [3.8, 4) is 11.5 Å². The summed E-state index contributed by atoms with van der Waals surface area (Å²) < 4.78 is 10.6. The Labute approximate surface area is 73.1 Å². The van der Waals surface area contributed by atoms with Gasteiger partial charge in [-0.1, -0.05) is 6.07 Å². The Balaban J connectivity index is 2.82. The van der Waals surface area contributed by atoms with Gasteiger partial charge in [0.25, 0.3) is 0 Å². The average Bonchev–Trinajstić information content (AvgIpc) is 2.04. The molecule has 1 rings (SSSR count). The van der Waals surface area contributed by atoms with E-state index >= 15 is 0 Å². The van der Waals surface area contributed by atoms with Gasteiger partial charge in [0.2, 0.25) is 0 Å². The molecule has 65 valence electrons. The Kier molecular flexibility index (Phi) is 2.97. The lowest BCUT2D eigenvalue weighted by molar-refractivity contribution is 0.230. The Bertz CT molecular complexity index is 243. The Hall–Kier alpha value is -1.18. The number of rotatable bonds is 3. The smallest absolute Gasteiger partial charge is 0.162 e. The first-order valence-electron chi connectivity index (χ1n) is 3.94. The first-order chi connectivity index (χ1) is 5.74. The number of ether oxygens (including phenoxy) is 2. The fourth-order valence-electron chi connectivity index (χ4n) is 0.916. The quantitative estimate of drug-likeness (QED) is 0.684. The summed E-state index contributed by atoms with van der Waals surface area (Å²) >= 11 is 0. The average molecular weight is 165 g/mol. The van der Waals surface area contributed by atoms with Crippen molar-refractivity contribution in [2.45, 2.75) is 20.0 Å². The zero-order valence-electron chi connectivity index (χ0n) is 7.63. The summed E-state index contributed by atoms with van der Waals surface area (Å²) in [6.07, 6.45) is 0.162. The molecule has 1 aromatic carbocycles. The van der Waals surface area contributed by atoms with Gasteiger partial charge in [-0.15, -0.1) is 0 Å². The van der Waals surface area contributed by atoms with Crippen LogP contribution in [0.25, 0.3) is 0 Å². The van der Waals surface area contributed by atoms with Crippen molar-refractivity contribution in [2.75, 3.05) is 7.11 Å². The van der Waals surface area contributed by atoms with Gasteiger partial charge in [0.05, 0.1) is 13.2 Å². The van der Waals surface area contributed by atoms with E-state index in [9.17, 15) is 0 Å². The third-order valence-corrected chi connectivity index (χ3v) is 1.37. The molecular weight excluding hydrogens is 152 g/mol. The van der Waals surface area contributed by atoms with Gasteiger partial charge in [-0.05, 0) is 32.0 Å². The van der Waals surface area contributed by atoms with Crippen LogP contribution in [0.4, 0.5) is 0 Å². The molecule has 12 heavy (non-hydrogen) atoms. The molecule has 0 unspecified atom stereocenters. The van der Waals surface area contributed by atoms with E-state index < -0.39 is 0 Å². The van der Waals surface area contributed by atoms with Crippen LogP contribution in [0.5, 0.6) is 11.5 Å². The third-order valence-electron chi connectivity index (χ3n) is 1.37.